The molecule has 0 fully saturated rings. The first-order chi connectivity index (χ1) is 11.2. The van der Waals surface area contributed by atoms with Gasteiger partial charge in [-0.2, -0.15) is 0 Å². The number of rotatable bonds is 0. The highest BCUT2D eigenvalue weighted by atomic mass is 32.1. The second kappa shape index (κ2) is 5.61. The van der Waals surface area contributed by atoms with Crippen molar-refractivity contribution in [1.82, 2.24) is 19.9 Å². The maximum absolute atomic E-state index is 12.5. The van der Waals surface area contributed by atoms with Gasteiger partial charge in [-0.15, -0.1) is 11.3 Å². The van der Waals surface area contributed by atoms with E-state index in [-0.39, 0.29) is 5.56 Å². The first-order valence-electron chi connectivity index (χ1n) is 7.39. The van der Waals surface area contributed by atoms with Crippen molar-refractivity contribution in [1.29, 1.82) is 0 Å². The van der Waals surface area contributed by atoms with Crippen molar-refractivity contribution in [3.8, 4) is 11.8 Å². The Morgan fingerprint density at radius 2 is 2.26 bits per heavy atom. The van der Waals surface area contributed by atoms with Crippen molar-refractivity contribution < 1.29 is 0 Å². The van der Waals surface area contributed by atoms with E-state index in [1.807, 2.05) is 31.3 Å². The lowest BCUT2D eigenvalue weighted by Gasteiger charge is -2.18. The zero-order chi connectivity index (χ0) is 15.8. The molecule has 5 nitrogen and oxygen atoms in total. The Balaban J connectivity index is 1.79. The topological polar surface area (TPSA) is 59.8 Å². The molecule has 0 amide bonds. The van der Waals surface area contributed by atoms with E-state index in [9.17, 15) is 4.79 Å². The average molecular weight is 322 g/mol. The number of fused-ring (bicyclic) bond motifs is 2. The van der Waals surface area contributed by atoms with Crippen LogP contribution in [0.1, 0.15) is 21.3 Å². The van der Waals surface area contributed by atoms with Gasteiger partial charge in [-0.05, 0) is 31.0 Å². The number of nitrogens with zero attached hydrogens (tertiary/aromatic N) is 3. The van der Waals surface area contributed by atoms with Crippen LogP contribution in [0.5, 0.6) is 0 Å². The van der Waals surface area contributed by atoms with Crippen molar-refractivity contribution in [2.45, 2.75) is 20.0 Å². The van der Waals surface area contributed by atoms with Gasteiger partial charge in [0.2, 0.25) is 0 Å². The van der Waals surface area contributed by atoms with E-state index in [2.05, 4.69) is 27.1 Å². The van der Waals surface area contributed by atoms with Crippen LogP contribution in [0, 0.1) is 18.8 Å². The molecule has 23 heavy (non-hydrogen) atoms. The monoisotopic (exact) mass is 322 g/mol. The third kappa shape index (κ3) is 2.65. The predicted octanol–water partition coefficient (Wildman–Crippen LogP) is 1.66. The normalized spacial score (nSPS) is 13.4. The van der Waals surface area contributed by atoms with Gasteiger partial charge in [0.25, 0.3) is 5.56 Å². The lowest BCUT2D eigenvalue weighted by Crippen LogP contribution is -2.37. The molecule has 0 bridgehead atoms. The van der Waals surface area contributed by atoms with E-state index in [1.165, 1.54) is 0 Å². The van der Waals surface area contributed by atoms with Gasteiger partial charge in [-0.1, -0.05) is 5.92 Å². The molecule has 1 aromatic carbocycles. The fraction of sp³-hybridized carbons (Fsp3) is 0.235. The maximum atomic E-state index is 12.5. The molecule has 3 aromatic rings. The highest BCUT2D eigenvalue weighted by Crippen LogP contribution is 2.13. The zero-order valence-electron chi connectivity index (χ0n) is 12.6. The summed E-state index contributed by atoms with van der Waals surface area (Å²) in [4.78, 5) is 22.5. The standard InChI is InChI=1S/C17H14N4OS/c1-11-9-19-16(23-11)5-3-12-2-4-13-14(8-12)20-15-10-18-6-7-21(15)17(13)22/h2,4,8-9,18H,6-7,10H2,1H3. The van der Waals surface area contributed by atoms with Gasteiger partial charge < -0.3 is 5.32 Å². The van der Waals surface area contributed by atoms with Crippen molar-refractivity contribution in [3.63, 3.8) is 0 Å². The van der Waals surface area contributed by atoms with Crippen LogP contribution in [-0.2, 0) is 13.1 Å². The zero-order valence-corrected chi connectivity index (χ0v) is 13.4. The van der Waals surface area contributed by atoms with Crippen LogP contribution in [0.15, 0.2) is 29.2 Å². The number of hydrogen-bond acceptors (Lipinski definition) is 5. The second-order valence-electron chi connectivity index (χ2n) is 5.42. The van der Waals surface area contributed by atoms with Crippen LogP contribution >= 0.6 is 11.3 Å². The molecule has 1 N–H and O–H groups in total. The summed E-state index contributed by atoms with van der Waals surface area (Å²) in [5.41, 5.74) is 1.57. The Morgan fingerprint density at radius 1 is 1.35 bits per heavy atom. The average Bonchev–Trinajstić information content (AvgIpc) is 2.98. The minimum atomic E-state index is 0.0292. The molecule has 2 aromatic heterocycles. The summed E-state index contributed by atoms with van der Waals surface area (Å²) < 4.78 is 1.75. The summed E-state index contributed by atoms with van der Waals surface area (Å²) in [5, 5.41) is 4.68. The van der Waals surface area contributed by atoms with E-state index < -0.39 is 0 Å². The lowest BCUT2D eigenvalue weighted by atomic mass is 10.1. The number of thiazole rings is 1. The van der Waals surface area contributed by atoms with Gasteiger partial charge in [0.1, 0.15) is 5.82 Å². The summed E-state index contributed by atoms with van der Waals surface area (Å²) >= 11 is 1.57. The molecule has 1 aliphatic rings. The lowest BCUT2D eigenvalue weighted by molar-refractivity contribution is 0.486. The van der Waals surface area contributed by atoms with E-state index in [4.69, 9.17) is 0 Å². The summed E-state index contributed by atoms with van der Waals surface area (Å²) in [7, 11) is 0. The summed E-state index contributed by atoms with van der Waals surface area (Å²) in [6.45, 7) is 4.10. The molecular formula is C17H14N4OS. The third-order valence-corrected chi connectivity index (χ3v) is 4.59. The van der Waals surface area contributed by atoms with Crippen molar-refractivity contribution in [2.75, 3.05) is 6.54 Å². The van der Waals surface area contributed by atoms with E-state index in [0.717, 1.165) is 27.8 Å². The van der Waals surface area contributed by atoms with Crippen LogP contribution < -0.4 is 10.9 Å². The maximum Gasteiger partial charge on any atom is 0.261 e. The molecule has 0 radical (unpaired) electrons. The smallest absolute Gasteiger partial charge is 0.261 e. The van der Waals surface area contributed by atoms with E-state index in [0.29, 0.717) is 24.0 Å². The molecule has 3 heterocycles. The predicted molar refractivity (Wildman–Crippen MR) is 90.5 cm³/mol. The van der Waals surface area contributed by atoms with Crippen LogP contribution in [0.3, 0.4) is 0 Å². The summed E-state index contributed by atoms with van der Waals surface area (Å²) in [6, 6.07) is 5.56. The third-order valence-electron chi connectivity index (χ3n) is 3.76. The van der Waals surface area contributed by atoms with Gasteiger partial charge in [0, 0.05) is 29.7 Å². The first-order valence-corrected chi connectivity index (χ1v) is 8.21. The molecule has 1 aliphatic heterocycles. The number of aryl methyl sites for hydroxylation is 1. The molecule has 4 rings (SSSR count). The fourth-order valence-electron chi connectivity index (χ4n) is 2.64. The van der Waals surface area contributed by atoms with Crippen LogP contribution in [0.2, 0.25) is 0 Å². The van der Waals surface area contributed by atoms with Gasteiger partial charge >= 0.3 is 0 Å². The Labute approximate surface area is 137 Å². The van der Waals surface area contributed by atoms with E-state index >= 15 is 0 Å². The largest absolute Gasteiger partial charge is 0.308 e. The van der Waals surface area contributed by atoms with Crippen molar-refractivity contribution in [3.05, 3.63) is 56.0 Å². The van der Waals surface area contributed by atoms with Crippen LogP contribution in [-0.4, -0.2) is 21.1 Å². The second-order valence-corrected chi connectivity index (χ2v) is 6.65. The number of benzene rings is 1. The van der Waals surface area contributed by atoms with Crippen molar-refractivity contribution >= 4 is 22.2 Å². The molecule has 0 saturated carbocycles. The highest BCUT2D eigenvalue weighted by Gasteiger charge is 2.14. The van der Waals surface area contributed by atoms with Gasteiger partial charge in [-0.25, -0.2) is 9.97 Å². The number of nitrogens with one attached hydrogen (secondary N) is 1. The molecular weight excluding hydrogens is 308 g/mol. The molecule has 0 saturated heterocycles. The number of hydrogen-bond donors (Lipinski definition) is 1. The Kier molecular flexibility index (Phi) is 3.45. The fourth-order valence-corrected chi connectivity index (χ4v) is 3.26. The van der Waals surface area contributed by atoms with Gasteiger partial charge in [0.15, 0.2) is 5.01 Å². The molecule has 114 valence electrons. The van der Waals surface area contributed by atoms with Crippen molar-refractivity contribution in [2.24, 2.45) is 0 Å². The van der Waals surface area contributed by atoms with Gasteiger partial charge in [-0.3, -0.25) is 9.36 Å². The minimum Gasteiger partial charge on any atom is -0.308 e. The molecule has 0 unspecified atom stereocenters. The summed E-state index contributed by atoms with van der Waals surface area (Å²) in [5.74, 6) is 6.94. The van der Waals surface area contributed by atoms with Gasteiger partial charge in [0.05, 0.1) is 17.4 Å². The first kappa shape index (κ1) is 14.1. The summed E-state index contributed by atoms with van der Waals surface area (Å²) in [6.07, 6.45) is 1.82. The Morgan fingerprint density at radius 3 is 3.09 bits per heavy atom. The van der Waals surface area contributed by atoms with Crippen LogP contribution in [0.4, 0.5) is 0 Å². The van der Waals surface area contributed by atoms with Crippen LogP contribution in [0.25, 0.3) is 10.9 Å². The SMILES string of the molecule is Cc1cnc(C#Cc2ccc3c(=O)n4c(nc3c2)CNCC4)s1. The molecule has 0 aliphatic carbocycles. The molecule has 6 heteroatoms. The number of aromatic nitrogens is 3. The Hall–Kier alpha value is -2.49. The Bertz CT molecular complexity index is 1020. The molecule has 0 atom stereocenters. The minimum absolute atomic E-state index is 0.0292. The van der Waals surface area contributed by atoms with E-state index in [1.54, 1.807) is 15.9 Å². The quantitative estimate of drug-likeness (QED) is 0.640. The molecule has 0 spiro atoms. The highest BCUT2D eigenvalue weighted by molar-refractivity contribution is 7.12.